The standard InChI is InChI=1S/C23H31Cl2N3O2S/c1-26-6-8-29-10-11-30-9-7-27-31-19-5-3-4-17(12-19)21-15-28(2)16-22-20(21)13-18(24)14-23(22)25/h3-5,12-14,21,26-27H,6-11,15-16H2,1-2H3/t21-/m0/s1. The smallest absolute Gasteiger partial charge is 0.0701 e. The summed E-state index contributed by atoms with van der Waals surface area (Å²) in [5.74, 6) is 0.247. The molecule has 1 aliphatic rings. The molecule has 2 aromatic carbocycles. The van der Waals surface area contributed by atoms with E-state index >= 15 is 0 Å². The van der Waals surface area contributed by atoms with Gasteiger partial charge in [0.25, 0.3) is 0 Å². The van der Waals surface area contributed by atoms with Crippen molar-refractivity contribution >= 4 is 35.1 Å². The lowest BCUT2D eigenvalue weighted by Crippen LogP contribution is -2.31. The van der Waals surface area contributed by atoms with Crippen LogP contribution >= 0.6 is 35.1 Å². The topological polar surface area (TPSA) is 45.8 Å². The maximum absolute atomic E-state index is 6.50. The summed E-state index contributed by atoms with van der Waals surface area (Å²) in [6.45, 7) is 6.02. The highest BCUT2D eigenvalue weighted by atomic mass is 35.5. The predicted octanol–water partition coefficient (Wildman–Crippen LogP) is 4.42. The van der Waals surface area contributed by atoms with E-state index in [9.17, 15) is 0 Å². The van der Waals surface area contributed by atoms with Crippen LogP contribution in [0.25, 0.3) is 0 Å². The van der Waals surface area contributed by atoms with Gasteiger partial charge in [0.2, 0.25) is 0 Å². The van der Waals surface area contributed by atoms with E-state index in [1.54, 1.807) is 11.9 Å². The van der Waals surface area contributed by atoms with Crippen LogP contribution in [0, 0.1) is 0 Å². The number of hydrogen-bond donors (Lipinski definition) is 2. The number of likely N-dealkylation sites (N-methyl/N-ethyl adjacent to an activating group) is 2. The molecule has 0 aliphatic carbocycles. The molecule has 0 bridgehead atoms. The number of rotatable bonds is 12. The molecule has 0 unspecified atom stereocenters. The lowest BCUT2D eigenvalue weighted by atomic mass is 9.85. The minimum Gasteiger partial charge on any atom is -0.378 e. The molecule has 0 amide bonds. The van der Waals surface area contributed by atoms with E-state index in [0.29, 0.717) is 31.5 Å². The van der Waals surface area contributed by atoms with Crippen molar-refractivity contribution in [2.45, 2.75) is 17.4 Å². The summed E-state index contributed by atoms with van der Waals surface area (Å²) in [6.07, 6.45) is 0. The maximum Gasteiger partial charge on any atom is 0.0701 e. The molecule has 0 saturated carbocycles. The fourth-order valence-corrected chi connectivity index (χ4v) is 4.93. The first-order valence-electron chi connectivity index (χ1n) is 10.5. The summed E-state index contributed by atoms with van der Waals surface area (Å²) in [4.78, 5) is 3.49. The van der Waals surface area contributed by atoms with Gasteiger partial charge in [-0.15, -0.1) is 0 Å². The second-order valence-electron chi connectivity index (χ2n) is 7.60. The molecule has 1 heterocycles. The van der Waals surface area contributed by atoms with Gasteiger partial charge in [-0.05, 0) is 67.0 Å². The van der Waals surface area contributed by atoms with Crippen molar-refractivity contribution in [2.24, 2.45) is 0 Å². The summed E-state index contributed by atoms with van der Waals surface area (Å²) >= 11 is 14.4. The minimum atomic E-state index is 0.247. The summed E-state index contributed by atoms with van der Waals surface area (Å²) in [6, 6.07) is 12.6. The second-order valence-corrected chi connectivity index (χ2v) is 9.41. The molecule has 170 valence electrons. The number of fused-ring (bicyclic) bond motifs is 1. The molecule has 1 atom stereocenters. The lowest BCUT2D eigenvalue weighted by molar-refractivity contribution is 0.0516. The van der Waals surface area contributed by atoms with Crippen LogP contribution in [-0.4, -0.2) is 65.1 Å². The molecule has 2 N–H and O–H groups in total. The molecule has 3 rings (SSSR count). The summed E-state index contributed by atoms with van der Waals surface area (Å²) < 4.78 is 14.4. The van der Waals surface area contributed by atoms with Crippen molar-refractivity contribution in [3.8, 4) is 0 Å². The van der Waals surface area contributed by atoms with E-state index in [2.05, 4.69) is 52.3 Å². The fraction of sp³-hybridized carbons (Fsp3) is 0.478. The quantitative estimate of drug-likeness (QED) is 0.344. The van der Waals surface area contributed by atoms with E-state index in [1.165, 1.54) is 21.6 Å². The van der Waals surface area contributed by atoms with Crippen molar-refractivity contribution in [1.82, 2.24) is 14.9 Å². The summed E-state index contributed by atoms with van der Waals surface area (Å²) in [5, 5.41) is 4.49. The van der Waals surface area contributed by atoms with E-state index < -0.39 is 0 Å². The maximum atomic E-state index is 6.50. The van der Waals surface area contributed by atoms with E-state index in [1.807, 2.05) is 13.1 Å². The van der Waals surface area contributed by atoms with Crippen molar-refractivity contribution < 1.29 is 9.47 Å². The molecule has 0 radical (unpaired) electrons. The van der Waals surface area contributed by atoms with Gasteiger partial charge in [0.15, 0.2) is 0 Å². The van der Waals surface area contributed by atoms with Crippen LogP contribution in [0.15, 0.2) is 41.3 Å². The Morgan fingerprint density at radius 2 is 1.84 bits per heavy atom. The van der Waals surface area contributed by atoms with Crippen LogP contribution in [0.5, 0.6) is 0 Å². The number of nitrogens with one attached hydrogen (secondary N) is 2. The third kappa shape index (κ3) is 7.62. The molecule has 0 spiro atoms. The van der Waals surface area contributed by atoms with Gasteiger partial charge in [-0.1, -0.05) is 35.3 Å². The molecule has 2 aromatic rings. The molecular weight excluding hydrogens is 453 g/mol. The van der Waals surface area contributed by atoms with Crippen molar-refractivity contribution in [2.75, 3.05) is 60.2 Å². The van der Waals surface area contributed by atoms with Crippen LogP contribution in [0.3, 0.4) is 0 Å². The highest BCUT2D eigenvalue weighted by Crippen LogP contribution is 2.39. The first-order valence-corrected chi connectivity index (χ1v) is 12.1. The van der Waals surface area contributed by atoms with Gasteiger partial charge in [0, 0.05) is 47.0 Å². The second kappa shape index (κ2) is 13.0. The van der Waals surface area contributed by atoms with Crippen LogP contribution < -0.4 is 10.0 Å². The SMILES string of the molecule is CNCCOCCOCCNSc1cccc([C@@H]2CN(C)Cc3c(Cl)cc(Cl)cc32)c1. The molecule has 5 nitrogen and oxygen atoms in total. The Kier molecular flexibility index (Phi) is 10.4. The van der Waals surface area contributed by atoms with Gasteiger partial charge in [0.05, 0.1) is 26.4 Å². The number of hydrogen-bond acceptors (Lipinski definition) is 6. The Balaban J connectivity index is 1.51. The normalized spacial score (nSPS) is 16.5. The zero-order valence-electron chi connectivity index (χ0n) is 18.1. The molecule has 8 heteroatoms. The van der Waals surface area contributed by atoms with Gasteiger partial charge < -0.3 is 19.7 Å². The third-order valence-corrected chi connectivity index (χ3v) is 6.55. The number of benzene rings is 2. The van der Waals surface area contributed by atoms with Gasteiger partial charge in [-0.2, -0.15) is 0 Å². The molecule has 0 fully saturated rings. The Morgan fingerprint density at radius 1 is 1.06 bits per heavy atom. The fourth-order valence-electron chi connectivity index (χ4n) is 3.67. The number of ether oxygens (including phenoxy) is 2. The number of halogens is 2. The zero-order chi connectivity index (χ0) is 22.1. The van der Waals surface area contributed by atoms with E-state index in [-0.39, 0.29) is 5.92 Å². The van der Waals surface area contributed by atoms with Crippen LogP contribution in [0.2, 0.25) is 10.0 Å². The van der Waals surface area contributed by atoms with Gasteiger partial charge in [-0.25, -0.2) is 0 Å². The predicted molar refractivity (Wildman–Crippen MR) is 131 cm³/mol. The highest BCUT2D eigenvalue weighted by molar-refractivity contribution is 7.97. The largest absolute Gasteiger partial charge is 0.378 e. The zero-order valence-corrected chi connectivity index (χ0v) is 20.5. The third-order valence-electron chi connectivity index (χ3n) is 5.16. The Hall–Kier alpha value is -0.830. The Bertz CT molecular complexity index is 840. The Morgan fingerprint density at radius 3 is 2.61 bits per heavy atom. The van der Waals surface area contributed by atoms with Gasteiger partial charge >= 0.3 is 0 Å². The first kappa shape index (κ1) is 24.8. The van der Waals surface area contributed by atoms with Crippen LogP contribution in [-0.2, 0) is 16.0 Å². The first-order chi connectivity index (χ1) is 15.1. The molecule has 0 aromatic heterocycles. The monoisotopic (exact) mass is 483 g/mol. The van der Waals surface area contributed by atoms with Crippen molar-refractivity contribution in [3.05, 3.63) is 63.1 Å². The van der Waals surface area contributed by atoms with E-state index in [4.69, 9.17) is 32.7 Å². The molecule has 0 saturated heterocycles. The summed E-state index contributed by atoms with van der Waals surface area (Å²) in [7, 11) is 4.05. The molecule has 31 heavy (non-hydrogen) atoms. The minimum absolute atomic E-state index is 0.247. The van der Waals surface area contributed by atoms with Crippen LogP contribution in [0.4, 0.5) is 0 Å². The Labute approximate surface area is 199 Å². The van der Waals surface area contributed by atoms with E-state index in [0.717, 1.165) is 31.2 Å². The average Bonchev–Trinajstić information content (AvgIpc) is 2.75. The summed E-state index contributed by atoms with van der Waals surface area (Å²) in [5.41, 5.74) is 3.68. The molecule has 1 aliphatic heterocycles. The van der Waals surface area contributed by atoms with Gasteiger partial charge in [0.1, 0.15) is 0 Å². The van der Waals surface area contributed by atoms with Crippen molar-refractivity contribution in [1.29, 1.82) is 0 Å². The average molecular weight is 484 g/mol. The molecular formula is C23H31Cl2N3O2S. The highest BCUT2D eigenvalue weighted by Gasteiger charge is 2.27. The van der Waals surface area contributed by atoms with Crippen LogP contribution in [0.1, 0.15) is 22.6 Å². The number of nitrogens with zero attached hydrogens (tertiary/aromatic N) is 1. The van der Waals surface area contributed by atoms with Crippen molar-refractivity contribution in [3.63, 3.8) is 0 Å². The van der Waals surface area contributed by atoms with Gasteiger partial charge in [-0.3, -0.25) is 4.72 Å². The lowest BCUT2D eigenvalue weighted by Gasteiger charge is -2.33.